The zero-order valence-corrected chi connectivity index (χ0v) is 10.2. The number of carbonyl (C=O) groups is 1. The average molecular weight is 247 g/mol. The lowest BCUT2D eigenvalue weighted by atomic mass is 10.2. The van der Waals surface area contributed by atoms with E-state index in [0.29, 0.717) is 17.3 Å². The minimum absolute atomic E-state index is 0.0363. The maximum Gasteiger partial charge on any atom is 0.373 e. The van der Waals surface area contributed by atoms with Gasteiger partial charge in [-0.2, -0.15) is 0 Å². The Hall–Kier alpha value is -2.04. The lowest BCUT2D eigenvalue weighted by molar-refractivity contribution is 0.0661. The van der Waals surface area contributed by atoms with Crippen molar-refractivity contribution in [3.05, 3.63) is 29.0 Å². The molecule has 2 aromatic rings. The van der Waals surface area contributed by atoms with E-state index in [2.05, 4.69) is 4.98 Å². The third kappa shape index (κ3) is 1.72. The molecular weight excluding hydrogens is 234 g/mol. The molecule has 0 bridgehead atoms. The van der Waals surface area contributed by atoms with Gasteiger partial charge in [0.1, 0.15) is 11.5 Å². The van der Waals surface area contributed by atoms with Crippen molar-refractivity contribution in [2.45, 2.75) is 32.6 Å². The highest BCUT2D eigenvalue weighted by Crippen LogP contribution is 2.42. The Kier molecular flexibility index (Phi) is 2.29. The molecule has 2 aromatic heterocycles. The van der Waals surface area contributed by atoms with Gasteiger partial charge in [-0.25, -0.2) is 9.78 Å². The van der Waals surface area contributed by atoms with Crippen LogP contribution in [0.2, 0.25) is 0 Å². The van der Waals surface area contributed by atoms with E-state index in [-0.39, 0.29) is 11.7 Å². The van der Waals surface area contributed by atoms with Crippen molar-refractivity contribution in [2.75, 3.05) is 0 Å². The SMILES string of the molecule is Cc1cc(-c2nc(C3CC3)c(C(=O)O)o2)c(C)o1. The fourth-order valence-corrected chi connectivity index (χ4v) is 2.08. The van der Waals surface area contributed by atoms with Crippen molar-refractivity contribution in [3.63, 3.8) is 0 Å². The standard InChI is InChI=1S/C13H13NO4/c1-6-5-9(7(2)17-6)12-14-10(8-3-4-8)11(18-12)13(15)16/h5,8H,3-4H2,1-2H3,(H,15,16). The van der Waals surface area contributed by atoms with Gasteiger partial charge in [-0.3, -0.25) is 0 Å². The minimum atomic E-state index is -1.06. The molecular formula is C13H13NO4. The molecule has 3 rings (SSSR count). The van der Waals surface area contributed by atoms with Crippen molar-refractivity contribution in [3.8, 4) is 11.5 Å². The number of nitrogens with zero attached hydrogens (tertiary/aromatic N) is 1. The smallest absolute Gasteiger partial charge is 0.373 e. The molecule has 18 heavy (non-hydrogen) atoms. The number of carboxylic acids is 1. The maximum absolute atomic E-state index is 11.1. The zero-order chi connectivity index (χ0) is 12.9. The number of hydrogen-bond donors (Lipinski definition) is 1. The molecule has 94 valence electrons. The first-order chi connectivity index (χ1) is 8.56. The monoisotopic (exact) mass is 247 g/mol. The third-order valence-electron chi connectivity index (χ3n) is 3.08. The number of carboxylic acid groups (broad SMARTS) is 1. The number of rotatable bonds is 3. The molecule has 0 amide bonds. The molecule has 0 saturated heterocycles. The summed E-state index contributed by atoms with van der Waals surface area (Å²) in [6.07, 6.45) is 1.96. The Morgan fingerprint density at radius 2 is 2.11 bits per heavy atom. The van der Waals surface area contributed by atoms with E-state index >= 15 is 0 Å². The summed E-state index contributed by atoms with van der Waals surface area (Å²) in [7, 11) is 0. The van der Waals surface area contributed by atoms with Crippen LogP contribution in [0, 0.1) is 13.8 Å². The summed E-state index contributed by atoms with van der Waals surface area (Å²) in [6, 6.07) is 1.81. The van der Waals surface area contributed by atoms with E-state index in [1.54, 1.807) is 0 Å². The molecule has 0 aromatic carbocycles. The summed E-state index contributed by atoms with van der Waals surface area (Å²) in [4.78, 5) is 15.5. The van der Waals surface area contributed by atoms with E-state index in [1.807, 2.05) is 19.9 Å². The predicted molar refractivity (Wildman–Crippen MR) is 62.6 cm³/mol. The average Bonchev–Trinajstić information content (AvgIpc) is 2.95. The third-order valence-corrected chi connectivity index (χ3v) is 3.08. The van der Waals surface area contributed by atoms with E-state index < -0.39 is 5.97 Å². The second-order valence-corrected chi connectivity index (χ2v) is 4.64. The molecule has 1 N–H and O–H groups in total. The summed E-state index contributed by atoms with van der Waals surface area (Å²) in [6.45, 7) is 3.64. The Labute approximate surface area is 103 Å². The number of aromatic nitrogens is 1. The van der Waals surface area contributed by atoms with Crippen molar-refractivity contribution < 1.29 is 18.7 Å². The van der Waals surface area contributed by atoms with Gasteiger partial charge in [-0.05, 0) is 32.8 Å². The molecule has 1 aliphatic rings. The van der Waals surface area contributed by atoms with E-state index in [0.717, 1.165) is 24.2 Å². The number of hydrogen-bond acceptors (Lipinski definition) is 4. The molecule has 1 saturated carbocycles. The lowest BCUT2D eigenvalue weighted by Crippen LogP contribution is -1.98. The van der Waals surface area contributed by atoms with Gasteiger partial charge >= 0.3 is 5.97 Å². The first kappa shape index (κ1) is 11.1. The minimum Gasteiger partial charge on any atom is -0.475 e. The van der Waals surface area contributed by atoms with Crippen LogP contribution in [0.15, 0.2) is 14.9 Å². The second-order valence-electron chi connectivity index (χ2n) is 4.64. The Morgan fingerprint density at radius 3 is 2.61 bits per heavy atom. The molecule has 5 heteroatoms. The van der Waals surface area contributed by atoms with Crippen LogP contribution in [0.1, 0.15) is 46.5 Å². The van der Waals surface area contributed by atoms with Crippen molar-refractivity contribution in [1.29, 1.82) is 0 Å². The Balaban J connectivity index is 2.10. The highest BCUT2D eigenvalue weighted by Gasteiger charge is 2.34. The summed E-state index contributed by atoms with van der Waals surface area (Å²) >= 11 is 0. The van der Waals surface area contributed by atoms with E-state index in [9.17, 15) is 4.79 Å². The molecule has 2 heterocycles. The van der Waals surface area contributed by atoms with Crippen LogP contribution in [0.25, 0.3) is 11.5 Å². The van der Waals surface area contributed by atoms with E-state index in [4.69, 9.17) is 13.9 Å². The van der Waals surface area contributed by atoms with Crippen molar-refractivity contribution >= 4 is 5.97 Å². The van der Waals surface area contributed by atoms with Crippen LogP contribution in [0.4, 0.5) is 0 Å². The summed E-state index contributed by atoms with van der Waals surface area (Å²) in [5, 5.41) is 9.12. The predicted octanol–water partition coefficient (Wildman–Crippen LogP) is 3.13. The molecule has 1 fully saturated rings. The van der Waals surface area contributed by atoms with Gasteiger partial charge in [-0.15, -0.1) is 0 Å². The van der Waals surface area contributed by atoms with Crippen LogP contribution >= 0.6 is 0 Å². The van der Waals surface area contributed by atoms with Gasteiger partial charge < -0.3 is 13.9 Å². The maximum atomic E-state index is 11.1. The number of aryl methyl sites for hydroxylation is 2. The quantitative estimate of drug-likeness (QED) is 0.901. The fraction of sp³-hybridized carbons (Fsp3) is 0.385. The normalized spacial score (nSPS) is 15.0. The molecule has 0 aliphatic heterocycles. The zero-order valence-electron chi connectivity index (χ0n) is 10.2. The molecule has 5 nitrogen and oxygen atoms in total. The number of oxazole rings is 1. The Bertz CT molecular complexity index is 619. The molecule has 0 spiro atoms. The first-order valence-electron chi connectivity index (χ1n) is 5.87. The topological polar surface area (TPSA) is 76.5 Å². The molecule has 1 aliphatic carbocycles. The van der Waals surface area contributed by atoms with Crippen molar-refractivity contribution in [2.24, 2.45) is 0 Å². The van der Waals surface area contributed by atoms with Crippen LogP contribution in [0.5, 0.6) is 0 Å². The summed E-state index contributed by atoms with van der Waals surface area (Å²) in [5.74, 6) is 0.920. The first-order valence-corrected chi connectivity index (χ1v) is 5.87. The highest BCUT2D eigenvalue weighted by atomic mass is 16.4. The van der Waals surface area contributed by atoms with Gasteiger partial charge in [0, 0.05) is 5.92 Å². The lowest BCUT2D eigenvalue weighted by Gasteiger charge is -1.90. The van der Waals surface area contributed by atoms with Gasteiger partial charge in [0.05, 0.1) is 11.3 Å². The summed E-state index contributed by atoms with van der Waals surface area (Å²) < 4.78 is 10.8. The van der Waals surface area contributed by atoms with Crippen LogP contribution in [0.3, 0.4) is 0 Å². The van der Waals surface area contributed by atoms with Gasteiger partial charge in [0.25, 0.3) is 0 Å². The van der Waals surface area contributed by atoms with Gasteiger partial charge in [0.2, 0.25) is 11.7 Å². The highest BCUT2D eigenvalue weighted by molar-refractivity contribution is 5.86. The summed E-state index contributed by atoms with van der Waals surface area (Å²) in [5.41, 5.74) is 1.29. The number of furan rings is 1. The van der Waals surface area contributed by atoms with Gasteiger partial charge in [0.15, 0.2) is 0 Å². The fourth-order valence-electron chi connectivity index (χ4n) is 2.08. The van der Waals surface area contributed by atoms with Gasteiger partial charge in [-0.1, -0.05) is 0 Å². The largest absolute Gasteiger partial charge is 0.475 e. The van der Waals surface area contributed by atoms with Crippen LogP contribution in [-0.4, -0.2) is 16.1 Å². The van der Waals surface area contributed by atoms with Crippen LogP contribution in [-0.2, 0) is 0 Å². The van der Waals surface area contributed by atoms with Crippen LogP contribution < -0.4 is 0 Å². The molecule has 0 unspecified atom stereocenters. The number of aromatic carboxylic acids is 1. The molecule has 0 radical (unpaired) electrons. The Morgan fingerprint density at radius 1 is 1.39 bits per heavy atom. The second kappa shape index (κ2) is 3.73. The van der Waals surface area contributed by atoms with Crippen molar-refractivity contribution in [1.82, 2.24) is 4.98 Å². The molecule has 0 atom stereocenters. The van der Waals surface area contributed by atoms with E-state index in [1.165, 1.54) is 0 Å².